The number of hydrogen-bond acceptors (Lipinski definition) is 4. The fourth-order valence-corrected chi connectivity index (χ4v) is 1.21. The smallest absolute Gasteiger partial charge is 0.207 e. The van der Waals surface area contributed by atoms with Gasteiger partial charge in [0.1, 0.15) is 0 Å². The van der Waals surface area contributed by atoms with Crippen LogP contribution in [0, 0.1) is 0 Å². The van der Waals surface area contributed by atoms with Gasteiger partial charge in [-0.3, -0.25) is 4.79 Å². The Morgan fingerprint density at radius 2 is 2.42 bits per heavy atom. The lowest BCUT2D eigenvalue weighted by molar-refractivity contribution is 0.112. The van der Waals surface area contributed by atoms with Crippen molar-refractivity contribution in [3.05, 3.63) is 11.6 Å². The Kier molecular flexibility index (Phi) is 1.24. The molecule has 0 aliphatic carbocycles. The summed E-state index contributed by atoms with van der Waals surface area (Å²) in [6.07, 6.45) is 0.630. The molecule has 2 aromatic rings. The number of phenolic OH excluding ortho intramolecular Hbond substituents is 1. The van der Waals surface area contributed by atoms with Gasteiger partial charge in [0.05, 0.1) is 12.7 Å². The van der Waals surface area contributed by atoms with Gasteiger partial charge >= 0.3 is 0 Å². The average Bonchev–Trinajstić information content (AvgIpc) is 2.60. The van der Waals surface area contributed by atoms with E-state index in [-0.39, 0.29) is 17.1 Å². The summed E-state index contributed by atoms with van der Waals surface area (Å²) < 4.78 is 9.89. The van der Waals surface area contributed by atoms with Gasteiger partial charge in [-0.2, -0.15) is 0 Å². The molecule has 2 rings (SSSR count). The molecule has 0 spiro atoms. The number of hydrogen-bond donors (Lipinski definition) is 1. The standard InChI is InChI=1S/C8H6O4/c1-11-8-5-2-4(3-9)7(12-5)6(8)10/h2-3,10H,1H3. The summed E-state index contributed by atoms with van der Waals surface area (Å²) in [6, 6.07) is 1.53. The molecule has 0 radical (unpaired) electrons. The molecule has 2 aromatic heterocycles. The van der Waals surface area contributed by atoms with Crippen LogP contribution < -0.4 is 4.74 Å². The van der Waals surface area contributed by atoms with E-state index in [1.54, 1.807) is 0 Å². The number of phenols is 1. The van der Waals surface area contributed by atoms with Crippen molar-refractivity contribution in [2.75, 3.05) is 7.11 Å². The van der Waals surface area contributed by atoms with Gasteiger partial charge in [-0.05, 0) is 6.07 Å². The number of ether oxygens (including phenoxy) is 1. The molecule has 4 heteroatoms. The number of methoxy groups -OCH3 is 1. The first-order valence-corrected chi connectivity index (χ1v) is 3.35. The monoisotopic (exact) mass is 166 g/mol. The molecule has 0 aromatic carbocycles. The lowest BCUT2D eigenvalue weighted by Gasteiger charge is -1.96. The zero-order valence-corrected chi connectivity index (χ0v) is 6.33. The second-order valence-electron chi connectivity index (χ2n) is 2.39. The summed E-state index contributed by atoms with van der Waals surface area (Å²) in [4.78, 5) is 10.4. The highest BCUT2D eigenvalue weighted by Gasteiger charge is 2.20. The first kappa shape index (κ1) is 6.97. The molecule has 0 fully saturated rings. The van der Waals surface area contributed by atoms with Gasteiger partial charge in [-0.25, -0.2) is 0 Å². The van der Waals surface area contributed by atoms with Crippen molar-refractivity contribution in [3.63, 3.8) is 0 Å². The number of furan rings is 2. The highest BCUT2D eigenvalue weighted by Crippen LogP contribution is 2.42. The Hall–Kier alpha value is -1.71. The molecule has 1 N–H and O–H groups in total. The fraction of sp³-hybridized carbons (Fsp3) is 0.125. The number of aromatic hydroxyl groups is 1. The van der Waals surface area contributed by atoms with Crippen LogP contribution in [0.2, 0.25) is 0 Å². The highest BCUT2D eigenvalue weighted by molar-refractivity contribution is 5.96. The van der Waals surface area contributed by atoms with E-state index in [0.29, 0.717) is 17.4 Å². The van der Waals surface area contributed by atoms with E-state index in [9.17, 15) is 9.90 Å². The van der Waals surface area contributed by atoms with Gasteiger partial charge in [0.15, 0.2) is 17.5 Å². The molecule has 0 unspecified atom stereocenters. The van der Waals surface area contributed by atoms with Crippen molar-refractivity contribution in [1.29, 1.82) is 0 Å². The van der Waals surface area contributed by atoms with Gasteiger partial charge in [0.2, 0.25) is 11.5 Å². The predicted molar refractivity (Wildman–Crippen MR) is 41.0 cm³/mol. The Morgan fingerprint density at radius 3 is 2.92 bits per heavy atom. The van der Waals surface area contributed by atoms with Crippen molar-refractivity contribution in [3.8, 4) is 11.5 Å². The summed E-state index contributed by atoms with van der Waals surface area (Å²) >= 11 is 0. The van der Waals surface area contributed by atoms with E-state index in [2.05, 4.69) is 0 Å². The summed E-state index contributed by atoms with van der Waals surface area (Å²) in [5, 5.41) is 9.35. The van der Waals surface area contributed by atoms with Crippen molar-refractivity contribution >= 4 is 17.5 Å². The van der Waals surface area contributed by atoms with Crippen LogP contribution in [0.3, 0.4) is 0 Å². The van der Waals surface area contributed by atoms with Gasteiger partial charge < -0.3 is 14.3 Å². The minimum Gasteiger partial charge on any atom is -0.502 e. The predicted octanol–water partition coefficient (Wildman–Crippen LogP) is 1.40. The minimum atomic E-state index is -0.0999. The molecular formula is C8H6O4. The molecule has 0 saturated carbocycles. The molecule has 0 amide bonds. The van der Waals surface area contributed by atoms with Crippen molar-refractivity contribution in [2.45, 2.75) is 0 Å². The highest BCUT2D eigenvalue weighted by atomic mass is 16.5. The number of carbonyl (C=O) groups is 1. The van der Waals surface area contributed by atoms with Gasteiger partial charge in [-0.1, -0.05) is 0 Å². The third-order valence-electron chi connectivity index (χ3n) is 1.75. The fourth-order valence-electron chi connectivity index (χ4n) is 1.21. The Balaban J connectivity index is 2.75. The molecule has 2 heterocycles. The van der Waals surface area contributed by atoms with Gasteiger partial charge in [-0.15, -0.1) is 0 Å². The lowest BCUT2D eigenvalue weighted by Crippen LogP contribution is -1.83. The van der Waals surface area contributed by atoms with E-state index < -0.39 is 0 Å². The second-order valence-corrected chi connectivity index (χ2v) is 2.39. The number of carbonyl (C=O) groups excluding carboxylic acids is 1. The molecule has 2 bridgehead atoms. The maximum absolute atomic E-state index is 10.4. The van der Waals surface area contributed by atoms with Gasteiger partial charge in [0.25, 0.3) is 0 Å². The third kappa shape index (κ3) is 0.637. The number of benzene rings is 1. The lowest BCUT2D eigenvalue weighted by atomic mass is 10.2. The second kappa shape index (κ2) is 2.14. The quantitative estimate of drug-likeness (QED) is 0.685. The van der Waals surface area contributed by atoms with Crippen LogP contribution in [0.15, 0.2) is 10.5 Å². The molecule has 0 aliphatic rings. The third-order valence-corrected chi connectivity index (χ3v) is 1.75. The van der Waals surface area contributed by atoms with Gasteiger partial charge in [0, 0.05) is 0 Å². The Labute approximate surface area is 67.7 Å². The Bertz CT molecular complexity index is 415. The largest absolute Gasteiger partial charge is 0.502 e. The molecule has 12 heavy (non-hydrogen) atoms. The van der Waals surface area contributed by atoms with Crippen LogP contribution in [0.1, 0.15) is 10.4 Å². The number of aldehydes is 1. The van der Waals surface area contributed by atoms with E-state index in [1.165, 1.54) is 13.2 Å². The van der Waals surface area contributed by atoms with Crippen LogP contribution in [0.4, 0.5) is 0 Å². The maximum Gasteiger partial charge on any atom is 0.207 e. The zero-order chi connectivity index (χ0) is 8.72. The normalized spacial score (nSPS) is 10.8. The summed E-state index contributed by atoms with van der Waals surface area (Å²) in [5.74, 6) is 0.188. The van der Waals surface area contributed by atoms with Crippen molar-refractivity contribution in [2.24, 2.45) is 0 Å². The Morgan fingerprint density at radius 1 is 1.67 bits per heavy atom. The average molecular weight is 166 g/mol. The van der Waals surface area contributed by atoms with E-state index in [1.807, 2.05) is 0 Å². The van der Waals surface area contributed by atoms with E-state index in [4.69, 9.17) is 9.15 Å². The summed E-state index contributed by atoms with van der Waals surface area (Å²) in [5.41, 5.74) is 0.937. The van der Waals surface area contributed by atoms with E-state index >= 15 is 0 Å². The summed E-state index contributed by atoms with van der Waals surface area (Å²) in [7, 11) is 1.43. The van der Waals surface area contributed by atoms with Crippen LogP contribution in [-0.4, -0.2) is 18.5 Å². The van der Waals surface area contributed by atoms with Crippen molar-refractivity contribution < 1.29 is 19.1 Å². The van der Waals surface area contributed by atoms with Crippen LogP contribution in [-0.2, 0) is 0 Å². The first-order chi connectivity index (χ1) is 5.77. The summed E-state index contributed by atoms with van der Waals surface area (Å²) in [6.45, 7) is 0. The SMILES string of the molecule is COc1c(O)c2oc1cc2C=O. The first-order valence-electron chi connectivity index (χ1n) is 3.35. The van der Waals surface area contributed by atoms with Crippen LogP contribution in [0.25, 0.3) is 11.2 Å². The minimum absolute atomic E-state index is 0.0999. The molecule has 0 aliphatic heterocycles. The molecule has 62 valence electrons. The molecule has 0 atom stereocenters. The van der Waals surface area contributed by atoms with Crippen LogP contribution in [0.5, 0.6) is 11.5 Å². The molecular weight excluding hydrogens is 160 g/mol. The number of fused-ring (bicyclic) bond motifs is 2. The van der Waals surface area contributed by atoms with Crippen LogP contribution >= 0.6 is 0 Å². The van der Waals surface area contributed by atoms with E-state index in [0.717, 1.165) is 0 Å². The topological polar surface area (TPSA) is 59.7 Å². The number of rotatable bonds is 2. The zero-order valence-electron chi connectivity index (χ0n) is 6.33. The molecule has 0 saturated heterocycles. The van der Waals surface area contributed by atoms with Crippen molar-refractivity contribution in [1.82, 2.24) is 0 Å². The molecule has 4 nitrogen and oxygen atoms in total. The maximum atomic E-state index is 10.4.